The fraction of sp³-hybridized carbons (Fsp3) is 0.310. The third kappa shape index (κ3) is 5.20. The quantitative estimate of drug-likeness (QED) is 0.505. The van der Waals surface area contributed by atoms with Crippen molar-refractivity contribution in [3.8, 4) is 11.5 Å². The summed E-state index contributed by atoms with van der Waals surface area (Å²) in [5.74, 6) is 1.46. The molecule has 1 unspecified atom stereocenters. The molecule has 1 atom stereocenters. The Hall–Kier alpha value is -3.87. The van der Waals surface area contributed by atoms with Crippen molar-refractivity contribution < 1.29 is 23.5 Å². The molecule has 3 aromatic rings. The van der Waals surface area contributed by atoms with E-state index < -0.39 is 6.67 Å². The fourth-order valence-electron chi connectivity index (χ4n) is 5.19. The Morgan fingerprint density at radius 2 is 1.81 bits per heavy atom. The van der Waals surface area contributed by atoms with Gasteiger partial charge in [0.1, 0.15) is 24.8 Å². The monoisotopic (exact) mass is 488 g/mol. The molecule has 7 heteroatoms. The number of anilines is 1. The van der Waals surface area contributed by atoms with Gasteiger partial charge >= 0.3 is 0 Å². The SMILES string of the molecule is O=C1COc2ccc(C(=O)N3CCC(C(c4ccccc4)c4cccc(OCCF)c4)CC3)cc2N1. The molecule has 2 amide bonds. The van der Waals surface area contributed by atoms with Gasteiger partial charge in [0.05, 0.1) is 5.69 Å². The van der Waals surface area contributed by atoms with E-state index in [9.17, 15) is 14.0 Å². The lowest BCUT2D eigenvalue weighted by molar-refractivity contribution is -0.118. The van der Waals surface area contributed by atoms with Crippen LogP contribution in [0.1, 0.15) is 40.2 Å². The number of hydrogen-bond donors (Lipinski definition) is 1. The maximum atomic E-state index is 13.3. The first kappa shape index (κ1) is 23.9. The Morgan fingerprint density at radius 1 is 1.03 bits per heavy atom. The normalized spacial score (nSPS) is 16.5. The van der Waals surface area contributed by atoms with E-state index in [4.69, 9.17) is 9.47 Å². The van der Waals surface area contributed by atoms with E-state index in [1.165, 1.54) is 5.56 Å². The Morgan fingerprint density at radius 3 is 2.58 bits per heavy atom. The van der Waals surface area contributed by atoms with Crippen LogP contribution < -0.4 is 14.8 Å². The maximum absolute atomic E-state index is 13.3. The van der Waals surface area contributed by atoms with Crippen molar-refractivity contribution in [3.63, 3.8) is 0 Å². The van der Waals surface area contributed by atoms with Crippen molar-refractivity contribution in [3.05, 3.63) is 89.5 Å². The molecule has 3 aromatic carbocycles. The summed E-state index contributed by atoms with van der Waals surface area (Å²) in [7, 11) is 0. The number of alkyl halides is 1. The summed E-state index contributed by atoms with van der Waals surface area (Å²) in [6.07, 6.45) is 1.71. The molecular formula is C29H29FN2O4. The molecule has 0 spiro atoms. The second-order valence-electron chi connectivity index (χ2n) is 9.18. The van der Waals surface area contributed by atoms with Crippen molar-refractivity contribution in [2.45, 2.75) is 18.8 Å². The zero-order chi connectivity index (χ0) is 24.9. The second-order valence-corrected chi connectivity index (χ2v) is 9.18. The summed E-state index contributed by atoms with van der Waals surface area (Å²) in [5, 5.41) is 2.77. The number of nitrogens with one attached hydrogen (secondary N) is 1. The molecule has 0 aromatic heterocycles. The van der Waals surface area contributed by atoms with Gasteiger partial charge in [0, 0.05) is 24.6 Å². The third-order valence-corrected chi connectivity index (χ3v) is 6.88. The van der Waals surface area contributed by atoms with Crippen LogP contribution in [-0.2, 0) is 4.79 Å². The maximum Gasteiger partial charge on any atom is 0.262 e. The van der Waals surface area contributed by atoms with Crippen LogP contribution in [-0.4, -0.2) is 49.7 Å². The molecule has 0 bridgehead atoms. The summed E-state index contributed by atoms with van der Waals surface area (Å²) in [6.45, 7) is 0.789. The Bertz CT molecular complexity index is 1220. The van der Waals surface area contributed by atoms with Gasteiger partial charge in [0.15, 0.2) is 6.61 Å². The minimum absolute atomic E-state index is 0.0126. The van der Waals surface area contributed by atoms with E-state index in [0.29, 0.717) is 41.8 Å². The predicted molar refractivity (Wildman–Crippen MR) is 135 cm³/mol. The summed E-state index contributed by atoms with van der Waals surface area (Å²) in [4.78, 5) is 26.8. The van der Waals surface area contributed by atoms with Crippen LogP contribution in [0.15, 0.2) is 72.8 Å². The van der Waals surface area contributed by atoms with Crippen LogP contribution in [0, 0.1) is 5.92 Å². The molecule has 2 aliphatic rings. The second kappa shape index (κ2) is 10.8. The predicted octanol–water partition coefficient (Wildman–Crippen LogP) is 5.05. The van der Waals surface area contributed by atoms with E-state index >= 15 is 0 Å². The van der Waals surface area contributed by atoms with Crippen LogP contribution in [0.4, 0.5) is 10.1 Å². The van der Waals surface area contributed by atoms with Crippen molar-refractivity contribution in [2.75, 3.05) is 38.3 Å². The van der Waals surface area contributed by atoms with Gasteiger partial charge in [-0.3, -0.25) is 9.59 Å². The van der Waals surface area contributed by atoms with Crippen LogP contribution in [0.25, 0.3) is 0 Å². The molecule has 5 rings (SSSR count). The number of ether oxygens (including phenoxy) is 2. The molecule has 1 fully saturated rings. The number of likely N-dealkylation sites (tertiary alicyclic amines) is 1. The molecule has 2 heterocycles. The molecule has 1 N–H and O–H groups in total. The molecule has 0 saturated carbocycles. The largest absolute Gasteiger partial charge is 0.491 e. The number of piperidine rings is 1. The zero-order valence-electron chi connectivity index (χ0n) is 20.0. The van der Waals surface area contributed by atoms with Crippen LogP contribution in [0.5, 0.6) is 11.5 Å². The van der Waals surface area contributed by atoms with E-state index in [-0.39, 0.29) is 30.9 Å². The first-order valence-corrected chi connectivity index (χ1v) is 12.3. The summed E-state index contributed by atoms with van der Waals surface area (Å²) >= 11 is 0. The van der Waals surface area contributed by atoms with Gasteiger partial charge in [0.25, 0.3) is 11.8 Å². The van der Waals surface area contributed by atoms with Gasteiger partial charge in [0.2, 0.25) is 0 Å². The van der Waals surface area contributed by atoms with Crippen molar-refractivity contribution in [2.24, 2.45) is 5.92 Å². The van der Waals surface area contributed by atoms with Gasteiger partial charge in [-0.1, -0.05) is 42.5 Å². The number of carbonyl (C=O) groups is 2. The van der Waals surface area contributed by atoms with Crippen LogP contribution >= 0.6 is 0 Å². The number of fused-ring (bicyclic) bond motifs is 1. The van der Waals surface area contributed by atoms with Crippen LogP contribution in [0.3, 0.4) is 0 Å². The molecule has 186 valence electrons. The number of hydrogen-bond acceptors (Lipinski definition) is 4. The molecule has 0 radical (unpaired) electrons. The molecule has 36 heavy (non-hydrogen) atoms. The van der Waals surface area contributed by atoms with E-state index in [1.54, 1.807) is 18.2 Å². The average Bonchev–Trinajstić information content (AvgIpc) is 2.92. The average molecular weight is 489 g/mol. The van der Waals surface area contributed by atoms with E-state index in [2.05, 4.69) is 23.5 Å². The lowest BCUT2D eigenvalue weighted by Crippen LogP contribution is -2.40. The van der Waals surface area contributed by atoms with Gasteiger partial charge < -0.3 is 19.7 Å². The van der Waals surface area contributed by atoms with Crippen molar-refractivity contribution >= 4 is 17.5 Å². The standard InChI is InChI=1S/C29H29FN2O4/c30-13-16-35-24-8-4-7-22(17-24)28(20-5-2-1-3-6-20)21-11-14-32(15-12-21)29(34)23-9-10-26-25(18-23)31-27(33)19-36-26/h1-10,17-18,21,28H,11-16,19H2,(H,31,33). The number of amides is 2. The zero-order valence-corrected chi connectivity index (χ0v) is 20.0. The highest BCUT2D eigenvalue weighted by molar-refractivity contribution is 5.99. The lowest BCUT2D eigenvalue weighted by Gasteiger charge is -2.37. The Balaban J connectivity index is 1.32. The summed E-state index contributed by atoms with van der Waals surface area (Å²) in [5.41, 5.74) is 3.42. The number of benzene rings is 3. The van der Waals surface area contributed by atoms with Gasteiger partial charge in [-0.25, -0.2) is 4.39 Å². The summed E-state index contributed by atoms with van der Waals surface area (Å²) < 4.78 is 23.6. The van der Waals surface area contributed by atoms with Gasteiger partial charge in [-0.05, 0) is 60.2 Å². The Labute approximate surface area is 210 Å². The molecule has 6 nitrogen and oxygen atoms in total. The van der Waals surface area contributed by atoms with Gasteiger partial charge in [-0.15, -0.1) is 0 Å². The van der Waals surface area contributed by atoms with Gasteiger partial charge in [-0.2, -0.15) is 0 Å². The number of halogens is 1. The highest BCUT2D eigenvalue weighted by atomic mass is 19.1. The Kier molecular flexibility index (Phi) is 7.16. The van der Waals surface area contributed by atoms with Crippen molar-refractivity contribution in [1.29, 1.82) is 0 Å². The van der Waals surface area contributed by atoms with E-state index in [0.717, 1.165) is 18.4 Å². The minimum Gasteiger partial charge on any atom is -0.491 e. The highest BCUT2D eigenvalue weighted by Gasteiger charge is 2.31. The fourth-order valence-corrected chi connectivity index (χ4v) is 5.19. The third-order valence-electron chi connectivity index (χ3n) is 6.88. The number of carbonyl (C=O) groups excluding carboxylic acids is 2. The van der Waals surface area contributed by atoms with E-state index in [1.807, 2.05) is 41.3 Å². The minimum atomic E-state index is -0.525. The molecule has 0 aliphatic carbocycles. The van der Waals surface area contributed by atoms with Crippen molar-refractivity contribution in [1.82, 2.24) is 4.90 Å². The molecule has 1 saturated heterocycles. The number of rotatable bonds is 7. The molecule has 2 aliphatic heterocycles. The lowest BCUT2D eigenvalue weighted by atomic mass is 9.76. The first-order valence-electron chi connectivity index (χ1n) is 12.3. The summed E-state index contributed by atoms with van der Waals surface area (Å²) in [6, 6.07) is 23.5. The first-order chi connectivity index (χ1) is 17.6. The topological polar surface area (TPSA) is 67.9 Å². The highest BCUT2D eigenvalue weighted by Crippen LogP contribution is 2.39. The number of nitrogens with zero attached hydrogens (tertiary/aromatic N) is 1. The molecular weight excluding hydrogens is 459 g/mol. The smallest absolute Gasteiger partial charge is 0.262 e. The van der Waals surface area contributed by atoms with Crippen LogP contribution in [0.2, 0.25) is 0 Å².